The Bertz CT molecular complexity index is 159. The Hall–Kier alpha value is -0.720. The molecular formula is C9H14O. The van der Waals surface area contributed by atoms with E-state index >= 15 is 0 Å². The third-order valence-electron chi connectivity index (χ3n) is 1.54. The molecule has 0 atom stereocenters. The minimum absolute atomic E-state index is 0.0770. The molecule has 1 nitrogen and oxygen atoms in total. The topological polar surface area (TPSA) is 9.23 Å². The predicted octanol–water partition coefficient (Wildman–Crippen LogP) is 2.65. The van der Waals surface area contributed by atoms with Gasteiger partial charge in [0.2, 0.25) is 0 Å². The van der Waals surface area contributed by atoms with Crippen molar-refractivity contribution in [2.75, 3.05) is 0 Å². The van der Waals surface area contributed by atoms with Crippen molar-refractivity contribution < 1.29 is 4.74 Å². The fraction of sp³-hybridized carbons (Fsp3) is 0.556. The molecule has 1 fully saturated rings. The summed E-state index contributed by atoms with van der Waals surface area (Å²) in [6.45, 7) is 11.8. The zero-order valence-corrected chi connectivity index (χ0v) is 6.74. The van der Waals surface area contributed by atoms with Gasteiger partial charge >= 0.3 is 0 Å². The minimum atomic E-state index is -0.0770. The van der Waals surface area contributed by atoms with Crippen LogP contribution in [-0.4, -0.2) is 5.60 Å². The van der Waals surface area contributed by atoms with Gasteiger partial charge in [-0.1, -0.05) is 18.7 Å². The summed E-state index contributed by atoms with van der Waals surface area (Å²) < 4.78 is 5.49. The average Bonchev–Trinajstić information content (AvgIpc) is 1.54. The number of hydrogen-bond acceptors (Lipinski definition) is 1. The van der Waals surface area contributed by atoms with Crippen molar-refractivity contribution in [2.24, 2.45) is 0 Å². The second-order valence-electron chi connectivity index (χ2n) is 3.50. The molecule has 0 radical (unpaired) electrons. The first-order chi connectivity index (χ1) is 4.49. The summed E-state index contributed by atoms with van der Waals surface area (Å²) in [4.78, 5) is 0. The minimum Gasteiger partial charge on any atom is -0.492 e. The van der Waals surface area contributed by atoms with Gasteiger partial charge in [0.05, 0.1) is 5.76 Å². The van der Waals surface area contributed by atoms with Gasteiger partial charge < -0.3 is 4.74 Å². The lowest BCUT2D eigenvalue weighted by Crippen LogP contribution is -2.28. The summed E-state index contributed by atoms with van der Waals surface area (Å²) in [5.74, 6) is 0.848. The molecule has 0 aromatic rings. The highest BCUT2D eigenvalue weighted by atomic mass is 16.5. The zero-order chi connectivity index (χ0) is 7.78. The van der Waals surface area contributed by atoms with E-state index in [2.05, 4.69) is 27.0 Å². The lowest BCUT2D eigenvalue weighted by Gasteiger charge is -2.33. The Kier molecular flexibility index (Phi) is 1.59. The van der Waals surface area contributed by atoms with Crippen LogP contribution in [-0.2, 0) is 4.74 Å². The van der Waals surface area contributed by atoms with Crippen molar-refractivity contribution in [1.29, 1.82) is 0 Å². The highest BCUT2D eigenvalue weighted by Crippen LogP contribution is 2.31. The van der Waals surface area contributed by atoms with Crippen LogP contribution in [0.5, 0.6) is 0 Å². The van der Waals surface area contributed by atoms with Gasteiger partial charge in [-0.2, -0.15) is 0 Å². The van der Waals surface area contributed by atoms with Crippen LogP contribution in [0.25, 0.3) is 0 Å². The molecule has 10 heavy (non-hydrogen) atoms. The van der Waals surface area contributed by atoms with E-state index in [1.807, 2.05) is 0 Å². The van der Waals surface area contributed by atoms with Crippen molar-refractivity contribution in [2.45, 2.75) is 32.3 Å². The van der Waals surface area contributed by atoms with Crippen LogP contribution in [0.1, 0.15) is 26.7 Å². The highest BCUT2D eigenvalue weighted by Gasteiger charge is 2.26. The van der Waals surface area contributed by atoms with Gasteiger partial charge in [0.25, 0.3) is 0 Å². The third kappa shape index (κ3) is 1.63. The number of rotatable bonds is 0. The smallest absolute Gasteiger partial charge is 0.107 e. The van der Waals surface area contributed by atoms with Crippen molar-refractivity contribution in [1.82, 2.24) is 0 Å². The van der Waals surface area contributed by atoms with Crippen LogP contribution in [0.15, 0.2) is 24.5 Å². The maximum Gasteiger partial charge on any atom is 0.107 e. The normalized spacial score (nSPS) is 24.2. The van der Waals surface area contributed by atoms with Gasteiger partial charge in [-0.3, -0.25) is 0 Å². The number of ether oxygens (including phenoxy) is 1. The van der Waals surface area contributed by atoms with Crippen LogP contribution >= 0.6 is 0 Å². The molecule has 1 aliphatic rings. The quantitative estimate of drug-likeness (QED) is 0.467. The summed E-state index contributed by atoms with van der Waals surface area (Å²) in [5.41, 5.74) is 1.15. The molecule has 1 heterocycles. The summed E-state index contributed by atoms with van der Waals surface area (Å²) >= 11 is 0. The molecule has 1 rings (SSSR count). The Morgan fingerprint density at radius 3 is 2.40 bits per heavy atom. The maximum absolute atomic E-state index is 5.49. The van der Waals surface area contributed by atoms with Crippen molar-refractivity contribution >= 4 is 0 Å². The van der Waals surface area contributed by atoms with E-state index in [0.29, 0.717) is 0 Å². The molecule has 0 aromatic carbocycles. The van der Waals surface area contributed by atoms with Crippen molar-refractivity contribution in [3.63, 3.8) is 0 Å². The average molecular weight is 138 g/mol. The lowest BCUT2D eigenvalue weighted by atomic mass is 9.94. The first-order valence-corrected chi connectivity index (χ1v) is 3.53. The van der Waals surface area contributed by atoms with Crippen molar-refractivity contribution in [3.8, 4) is 0 Å². The van der Waals surface area contributed by atoms with E-state index in [4.69, 9.17) is 4.74 Å². The predicted molar refractivity (Wildman–Crippen MR) is 42.7 cm³/mol. The summed E-state index contributed by atoms with van der Waals surface area (Å²) in [6, 6.07) is 0. The first-order valence-electron chi connectivity index (χ1n) is 3.53. The van der Waals surface area contributed by atoms with E-state index in [1.165, 1.54) is 5.57 Å². The third-order valence-corrected chi connectivity index (χ3v) is 1.54. The van der Waals surface area contributed by atoms with E-state index in [1.54, 1.807) is 0 Å². The molecule has 0 N–H and O–H groups in total. The Morgan fingerprint density at radius 2 is 2.00 bits per heavy atom. The molecule has 1 heteroatoms. The molecule has 0 aromatic heterocycles. The summed E-state index contributed by atoms with van der Waals surface area (Å²) in [7, 11) is 0. The Morgan fingerprint density at radius 1 is 1.40 bits per heavy atom. The van der Waals surface area contributed by atoms with E-state index in [9.17, 15) is 0 Å². The highest BCUT2D eigenvalue weighted by molar-refractivity contribution is 5.12. The fourth-order valence-corrected chi connectivity index (χ4v) is 1.41. The van der Waals surface area contributed by atoms with E-state index < -0.39 is 0 Å². The van der Waals surface area contributed by atoms with E-state index in [-0.39, 0.29) is 5.60 Å². The maximum atomic E-state index is 5.49. The molecule has 56 valence electrons. The van der Waals surface area contributed by atoms with Crippen molar-refractivity contribution in [3.05, 3.63) is 24.5 Å². The van der Waals surface area contributed by atoms with Gasteiger partial charge in [-0.15, -0.1) is 0 Å². The molecule has 0 spiro atoms. The zero-order valence-electron chi connectivity index (χ0n) is 6.74. The summed E-state index contributed by atoms with van der Waals surface area (Å²) in [6.07, 6.45) is 1.79. The number of allylic oxidation sites excluding steroid dienone is 1. The van der Waals surface area contributed by atoms with Gasteiger partial charge in [-0.25, -0.2) is 0 Å². The molecule has 0 saturated carbocycles. The molecule has 0 unspecified atom stereocenters. The van der Waals surface area contributed by atoms with Gasteiger partial charge in [0, 0.05) is 12.8 Å². The fourth-order valence-electron chi connectivity index (χ4n) is 1.41. The second-order valence-corrected chi connectivity index (χ2v) is 3.50. The molecule has 0 amide bonds. The van der Waals surface area contributed by atoms with Crippen LogP contribution in [0.3, 0.4) is 0 Å². The monoisotopic (exact) mass is 138 g/mol. The lowest BCUT2D eigenvalue weighted by molar-refractivity contribution is 0.0172. The summed E-state index contributed by atoms with van der Waals surface area (Å²) in [5, 5.41) is 0. The van der Waals surface area contributed by atoms with Gasteiger partial charge in [0.1, 0.15) is 5.60 Å². The second kappa shape index (κ2) is 2.15. The van der Waals surface area contributed by atoms with Crippen LogP contribution in [0.4, 0.5) is 0 Å². The molecule has 0 aliphatic carbocycles. The van der Waals surface area contributed by atoms with Gasteiger partial charge in [0.15, 0.2) is 0 Å². The Labute approximate surface area is 62.4 Å². The SMILES string of the molecule is C=C1CC(=C)OC(C)(C)C1. The number of hydrogen-bond donors (Lipinski definition) is 0. The Balaban J connectivity index is 2.68. The van der Waals surface area contributed by atoms with Crippen LogP contribution in [0, 0.1) is 0 Å². The molecule has 1 saturated heterocycles. The van der Waals surface area contributed by atoms with Gasteiger partial charge in [-0.05, 0) is 13.8 Å². The molecule has 1 aliphatic heterocycles. The largest absolute Gasteiger partial charge is 0.492 e. The van der Waals surface area contributed by atoms with E-state index in [0.717, 1.165) is 18.6 Å². The molecule has 0 bridgehead atoms. The first kappa shape index (κ1) is 7.39. The van der Waals surface area contributed by atoms with Crippen LogP contribution in [0.2, 0.25) is 0 Å². The standard InChI is InChI=1S/C9H14O/c1-7-5-8(2)10-9(3,4)6-7/h1-2,5-6H2,3-4H3. The van der Waals surface area contributed by atoms with Crippen LogP contribution < -0.4 is 0 Å². The molecular weight excluding hydrogens is 124 g/mol.